The van der Waals surface area contributed by atoms with Crippen molar-refractivity contribution in [3.05, 3.63) is 34.3 Å². The molecular formula is C10H12ClF3N2. The lowest BCUT2D eigenvalue weighted by molar-refractivity contribution is -0.138. The van der Waals surface area contributed by atoms with E-state index in [0.717, 1.165) is 6.07 Å². The average Bonchev–Trinajstić information content (AvgIpc) is 2.16. The van der Waals surface area contributed by atoms with E-state index in [1.54, 1.807) is 0 Å². The molecule has 0 saturated heterocycles. The van der Waals surface area contributed by atoms with Crippen LogP contribution in [0.5, 0.6) is 0 Å². The largest absolute Gasteiger partial charge is 0.416 e. The van der Waals surface area contributed by atoms with Crippen LogP contribution in [0.4, 0.5) is 13.2 Å². The van der Waals surface area contributed by atoms with Crippen LogP contribution < -0.4 is 11.5 Å². The van der Waals surface area contributed by atoms with E-state index in [2.05, 4.69) is 0 Å². The highest BCUT2D eigenvalue weighted by atomic mass is 35.5. The van der Waals surface area contributed by atoms with E-state index in [1.807, 2.05) is 0 Å². The predicted octanol–water partition coefficient (Wildman–Crippen LogP) is 2.71. The quantitative estimate of drug-likeness (QED) is 0.869. The van der Waals surface area contributed by atoms with Crippen LogP contribution in [0.25, 0.3) is 0 Å². The first-order valence-corrected chi connectivity index (χ1v) is 5.06. The smallest absolute Gasteiger partial charge is 0.330 e. The molecule has 0 aliphatic carbocycles. The first-order chi connectivity index (χ1) is 7.36. The van der Waals surface area contributed by atoms with Gasteiger partial charge in [-0.15, -0.1) is 0 Å². The van der Waals surface area contributed by atoms with Gasteiger partial charge in [-0.05, 0) is 30.7 Å². The molecule has 0 aliphatic rings. The van der Waals surface area contributed by atoms with Gasteiger partial charge in [0.15, 0.2) is 0 Å². The maximum absolute atomic E-state index is 12.7. The van der Waals surface area contributed by atoms with E-state index in [1.165, 1.54) is 12.1 Å². The minimum absolute atomic E-state index is 0.0300. The predicted molar refractivity (Wildman–Crippen MR) is 57.1 cm³/mol. The van der Waals surface area contributed by atoms with E-state index in [4.69, 9.17) is 23.1 Å². The van der Waals surface area contributed by atoms with Crippen molar-refractivity contribution in [3.8, 4) is 0 Å². The van der Waals surface area contributed by atoms with Gasteiger partial charge in [-0.25, -0.2) is 0 Å². The van der Waals surface area contributed by atoms with Crippen LogP contribution in [-0.2, 0) is 6.18 Å². The first kappa shape index (κ1) is 13.3. The molecule has 1 aromatic carbocycles. The van der Waals surface area contributed by atoms with Crippen molar-refractivity contribution < 1.29 is 13.2 Å². The fourth-order valence-corrected chi connectivity index (χ4v) is 1.60. The number of hydrogen-bond donors (Lipinski definition) is 2. The Morgan fingerprint density at radius 1 is 1.31 bits per heavy atom. The Balaban J connectivity index is 3.18. The summed E-state index contributed by atoms with van der Waals surface area (Å²) in [4.78, 5) is 0. The Bertz CT molecular complexity index is 366. The number of hydrogen-bond acceptors (Lipinski definition) is 2. The Hall–Kier alpha value is -0.780. The summed E-state index contributed by atoms with van der Waals surface area (Å²) in [7, 11) is 0. The number of nitrogens with two attached hydrogens (primary N) is 2. The monoisotopic (exact) mass is 252 g/mol. The molecule has 4 N–H and O–H groups in total. The molecule has 0 aliphatic heterocycles. The highest BCUT2D eigenvalue weighted by Gasteiger charge is 2.34. The fraction of sp³-hybridized carbons (Fsp3) is 0.400. The van der Waals surface area contributed by atoms with Crippen molar-refractivity contribution in [2.24, 2.45) is 11.5 Å². The fourth-order valence-electron chi connectivity index (χ4n) is 1.43. The molecule has 0 radical (unpaired) electrons. The first-order valence-electron chi connectivity index (χ1n) is 4.68. The second-order valence-corrected chi connectivity index (χ2v) is 3.85. The van der Waals surface area contributed by atoms with E-state index in [0.29, 0.717) is 6.42 Å². The summed E-state index contributed by atoms with van der Waals surface area (Å²) in [5.41, 5.74) is 10.1. The minimum Gasteiger partial charge on any atom is -0.330 e. The van der Waals surface area contributed by atoms with Crippen molar-refractivity contribution in [2.75, 3.05) is 6.54 Å². The van der Waals surface area contributed by atoms with Crippen LogP contribution in [0.2, 0.25) is 5.02 Å². The molecule has 1 aromatic rings. The molecule has 1 rings (SSSR count). The summed E-state index contributed by atoms with van der Waals surface area (Å²) in [6.07, 6.45) is -4.16. The summed E-state index contributed by atoms with van der Waals surface area (Å²) < 4.78 is 38.1. The van der Waals surface area contributed by atoms with Gasteiger partial charge in [0, 0.05) is 11.1 Å². The van der Waals surface area contributed by atoms with Crippen molar-refractivity contribution in [1.29, 1.82) is 0 Å². The molecule has 0 aromatic heterocycles. The Kier molecular flexibility index (Phi) is 4.18. The average molecular weight is 253 g/mol. The van der Waals surface area contributed by atoms with Crippen LogP contribution in [0.1, 0.15) is 23.6 Å². The number of rotatable bonds is 3. The van der Waals surface area contributed by atoms with Crippen LogP contribution in [0, 0.1) is 0 Å². The van der Waals surface area contributed by atoms with Gasteiger partial charge in [0.2, 0.25) is 0 Å². The van der Waals surface area contributed by atoms with Crippen LogP contribution in [0.15, 0.2) is 18.2 Å². The number of alkyl halides is 3. The molecule has 6 heteroatoms. The molecule has 0 bridgehead atoms. The van der Waals surface area contributed by atoms with Crippen LogP contribution in [0.3, 0.4) is 0 Å². The third-order valence-corrected chi connectivity index (χ3v) is 2.43. The summed E-state index contributed by atoms with van der Waals surface area (Å²) in [5, 5.41) is 0.0380. The topological polar surface area (TPSA) is 52.0 Å². The zero-order chi connectivity index (χ0) is 12.3. The normalized spacial score (nSPS) is 13.9. The van der Waals surface area contributed by atoms with Crippen LogP contribution >= 0.6 is 11.6 Å². The Morgan fingerprint density at radius 3 is 2.44 bits per heavy atom. The van der Waals surface area contributed by atoms with Crippen molar-refractivity contribution >= 4 is 11.6 Å². The zero-order valence-corrected chi connectivity index (χ0v) is 9.15. The molecule has 0 unspecified atom stereocenters. The summed E-state index contributed by atoms with van der Waals surface area (Å²) in [6, 6.07) is 2.85. The molecule has 2 nitrogen and oxygen atoms in total. The van der Waals surface area contributed by atoms with Gasteiger partial charge in [-0.1, -0.05) is 17.7 Å². The maximum atomic E-state index is 12.7. The molecule has 1 atom stereocenters. The second-order valence-electron chi connectivity index (χ2n) is 3.41. The number of benzene rings is 1. The molecule has 0 amide bonds. The molecule has 90 valence electrons. The van der Waals surface area contributed by atoms with Crippen molar-refractivity contribution in [3.63, 3.8) is 0 Å². The highest BCUT2D eigenvalue weighted by molar-refractivity contribution is 6.30. The van der Waals surface area contributed by atoms with Gasteiger partial charge in [0.25, 0.3) is 0 Å². The Morgan fingerprint density at radius 2 is 1.94 bits per heavy atom. The third kappa shape index (κ3) is 3.10. The molecular weight excluding hydrogens is 241 g/mol. The van der Waals surface area contributed by atoms with Gasteiger partial charge in [-0.3, -0.25) is 0 Å². The standard InChI is InChI=1S/C10H12ClF3N2/c11-6-1-2-7(9(16)3-4-15)8(5-6)10(12,13)14/h1-2,5,9H,3-4,15-16H2/t9-/m1/s1. The molecule has 0 fully saturated rings. The molecule has 0 heterocycles. The van der Waals surface area contributed by atoms with Crippen LogP contribution in [-0.4, -0.2) is 6.54 Å². The van der Waals surface area contributed by atoms with Crippen molar-refractivity contribution in [2.45, 2.75) is 18.6 Å². The Labute approximate surface area is 96.4 Å². The maximum Gasteiger partial charge on any atom is 0.416 e. The molecule has 0 spiro atoms. The highest BCUT2D eigenvalue weighted by Crippen LogP contribution is 2.36. The summed E-state index contributed by atoms with van der Waals surface area (Å²) in [6.45, 7) is 0.237. The van der Waals surface area contributed by atoms with E-state index in [-0.39, 0.29) is 17.1 Å². The van der Waals surface area contributed by atoms with Gasteiger partial charge in [0.05, 0.1) is 5.56 Å². The van der Waals surface area contributed by atoms with Crippen molar-refractivity contribution in [1.82, 2.24) is 0 Å². The van der Waals surface area contributed by atoms with E-state index < -0.39 is 17.8 Å². The van der Waals surface area contributed by atoms with E-state index >= 15 is 0 Å². The summed E-state index contributed by atoms with van der Waals surface area (Å²) >= 11 is 5.54. The van der Waals surface area contributed by atoms with Gasteiger partial charge >= 0.3 is 6.18 Å². The van der Waals surface area contributed by atoms with Gasteiger partial charge < -0.3 is 11.5 Å². The molecule has 0 saturated carbocycles. The molecule has 16 heavy (non-hydrogen) atoms. The lowest BCUT2D eigenvalue weighted by atomic mass is 9.98. The number of halogens is 4. The van der Waals surface area contributed by atoms with Gasteiger partial charge in [-0.2, -0.15) is 13.2 Å². The summed E-state index contributed by atoms with van der Waals surface area (Å²) in [5.74, 6) is 0. The minimum atomic E-state index is -4.45. The lowest BCUT2D eigenvalue weighted by Crippen LogP contribution is -2.20. The SMILES string of the molecule is NCC[C@@H](N)c1ccc(Cl)cc1C(F)(F)F. The second kappa shape index (κ2) is 5.03. The lowest BCUT2D eigenvalue weighted by Gasteiger charge is -2.18. The van der Waals surface area contributed by atoms with E-state index in [9.17, 15) is 13.2 Å². The van der Waals surface area contributed by atoms with Gasteiger partial charge in [0.1, 0.15) is 0 Å². The zero-order valence-electron chi connectivity index (χ0n) is 8.39. The third-order valence-electron chi connectivity index (χ3n) is 2.20.